The molecule has 0 saturated heterocycles. The van der Waals surface area contributed by atoms with Gasteiger partial charge in [0.25, 0.3) is 5.56 Å². The van der Waals surface area contributed by atoms with E-state index in [0.717, 1.165) is 21.5 Å². The molecular weight excluding hydrogens is 344 g/mol. The molecule has 130 valence electrons. The Bertz CT molecular complexity index is 1090. The van der Waals surface area contributed by atoms with Crippen molar-refractivity contribution in [2.75, 3.05) is 13.7 Å². The Labute approximate surface area is 155 Å². The SMILES string of the molecule is COCCn1c(-c2ccccc2)nc2scc(-c3ccccc3)c2c1=O. The maximum Gasteiger partial charge on any atom is 0.263 e. The van der Waals surface area contributed by atoms with Gasteiger partial charge in [-0.15, -0.1) is 11.3 Å². The van der Waals surface area contributed by atoms with E-state index in [1.807, 2.05) is 66.0 Å². The van der Waals surface area contributed by atoms with Crippen LogP contribution in [0, 0.1) is 0 Å². The maximum absolute atomic E-state index is 13.4. The van der Waals surface area contributed by atoms with Gasteiger partial charge in [-0.2, -0.15) is 0 Å². The predicted molar refractivity (Wildman–Crippen MR) is 107 cm³/mol. The summed E-state index contributed by atoms with van der Waals surface area (Å²) < 4.78 is 6.94. The van der Waals surface area contributed by atoms with Crippen molar-refractivity contribution in [3.63, 3.8) is 0 Å². The van der Waals surface area contributed by atoms with Gasteiger partial charge < -0.3 is 4.74 Å². The van der Waals surface area contributed by atoms with Crippen molar-refractivity contribution >= 4 is 21.6 Å². The normalized spacial score (nSPS) is 11.1. The Hall–Kier alpha value is -2.76. The number of aromatic nitrogens is 2. The van der Waals surface area contributed by atoms with Gasteiger partial charge in [0.05, 0.1) is 18.5 Å². The second-order valence-corrected chi connectivity index (χ2v) is 6.80. The molecule has 26 heavy (non-hydrogen) atoms. The number of ether oxygens (including phenoxy) is 1. The van der Waals surface area contributed by atoms with E-state index in [9.17, 15) is 4.79 Å². The molecule has 0 atom stereocenters. The van der Waals surface area contributed by atoms with Crippen molar-refractivity contribution in [2.24, 2.45) is 0 Å². The van der Waals surface area contributed by atoms with Crippen LogP contribution in [0.15, 0.2) is 70.8 Å². The zero-order valence-corrected chi connectivity index (χ0v) is 15.2. The molecule has 0 amide bonds. The molecule has 4 rings (SSSR count). The van der Waals surface area contributed by atoms with Crippen LogP contribution < -0.4 is 5.56 Å². The highest BCUT2D eigenvalue weighted by molar-refractivity contribution is 7.17. The fraction of sp³-hybridized carbons (Fsp3) is 0.143. The minimum Gasteiger partial charge on any atom is -0.383 e. The molecule has 0 saturated carbocycles. The minimum atomic E-state index is -0.0222. The van der Waals surface area contributed by atoms with E-state index >= 15 is 0 Å². The number of benzene rings is 2. The molecule has 4 nitrogen and oxygen atoms in total. The quantitative estimate of drug-likeness (QED) is 0.527. The third-order valence-electron chi connectivity index (χ3n) is 4.33. The summed E-state index contributed by atoms with van der Waals surface area (Å²) in [6, 6.07) is 19.8. The van der Waals surface area contributed by atoms with Crippen LogP contribution in [0.25, 0.3) is 32.7 Å². The largest absolute Gasteiger partial charge is 0.383 e. The van der Waals surface area contributed by atoms with Crippen molar-refractivity contribution in [3.8, 4) is 22.5 Å². The number of thiophene rings is 1. The summed E-state index contributed by atoms with van der Waals surface area (Å²) in [7, 11) is 1.64. The Kier molecular flexibility index (Phi) is 4.65. The van der Waals surface area contributed by atoms with Gasteiger partial charge in [-0.25, -0.2) is 4.98 Å². The molecule has 0 aliphatic heterocycles. The van der Waals surface area contributed by atoms with E-state index in [2.05, 4.69) is 0 Å². The highest BCUT2D eigenvalue weighted by Crippen LogP contribution is 2.32. The van der Waals surface area contributed by atoms with Crippen molar-refractivity contribution in [1.82, 2.24) is 9.55 Å². The summed E-state index contributed by atoms with van der Waals surface area (Å²) in [5, 5.41) is 2.70. The molecule has 2 heterocycles. The first kappa shape index (κ1) is 16.7. The first-order valence-corrected chi connectivity index (χ1v) is 9.29. The summed E-state index contributed by atoms with van der Waals surface area (Å²) in [4.78, 5) is 19.0. The number of hydrogen-bond acceptors (Lipinski definition) is 4. The topological polar surface area (TPSA) is 44.1 Å². The average Bonchev–Trinajstić information content (AvgIpc) is 3.13. The van der Waals surface area contributed by atoms with Crippen LogP contribution in [0.5, 0.6) is 0 Å². The molecule has 0 aliphatic carbocycles. The van der Waals surface area contributed by atoms with E-state index in [1.54, 1.807) is 11.7 Å². The Morgan fingerprint density at radius 2 is 1.65 bits per heavy atom. The first-order valence-electron chi connectivity index (χ1n) is 8.41. The summed E-state index contributed by atoms with van der Waals surface area (Å²) in [6.07, 6.45) is 0. The standard InChI is InChI=1S/C21H18N2O2S/c1-25-13-12-23-19(16-10-6-3-7-11-16)22-20-18(21(23)24)17(14-26-20)15-8-4-2-5-9-15/h2-11,14H,12-13H2,1H3. The van der Waals surface area contributed by atoms with E-state index < -0.39 is 0 Å². The fourth-order valence-electron chi connectivity index (χ4n) is 3.05. The van der Waals surface area contributed by atoms with Gasteiger partial charge in [0.1, 0.15) is 10.7 Å². The zero-order valence-electron chi connectivity index (χ0n) is 14.4. The number of fused-ring (bicyclic) bond motifs is 1. The molecule has 0 N–H and O–H groups in total. The molecule has 0 spiro atoms. The van der Waals surface area contributed by atoms with Crippen LogP contribution in [-0.2, 0) is 11.3 Å². The van der Waals surface area contributed by atoms with Gasteiger partial charge >= 0.3 is 0 Å². The fourth-order valence-corrected chi connectivity index (χ4v) is 3.99. The van der Waals surface area contributed by atoms with Gasteiger partial charge in [0.2, 0.25) is 0 Å². The second-order valence-electron chi connectivity index (χ2n) is 5.95. The van der Waals surface area contributed by atoms with Crippen LogP contribution in [0.3, 0.4) is 0 Å². The highest BCUT2D eigenvalue weighted by atomic mass is 32.1. The molecule has 5 heteroatoms. The van der Waals surface area contributed by atoms with Crippen molar-refractivity contribution in [3.05, 3.63) is 76.4 Å². The van der Waals surface area contributed by atoms with Gasteiger partial charge in [0, 0.05) is 23.6 Å². The molecule has 2 aromatic heterocycles. The van der Waals surface area contributed by atoms with Crippen LogP contribution in [0.4, 0.5) is 0 Å². The lowest BCUT2D eigenvalue weighted by molar-refractivity contribution is 0.186. The van der Waals surface area contributed by atoms with E-state index in [1.165, 1.54) is 11.3 Å². The maximum atomic E-state index is 13.4. The van der Waals surface area contributed by atoms with Crippen LogP contribution >= 0.6 is 11.3 Å². The van der Waals surface area contributed by atoms with E-state index in [4.69, 9.17) is 9.72 Å². The van der Waals surface area contributed by atoms with Crippen LogP contribution in [-0.4, -0.2) is 23.3 Å². The van der Waals surface area contributed by atoms with Crippen LogP contribution in [0.2, 0.25) is 0 Å². The second kappa shape index (κ2) is 7.23. The van der Waals surface area contributed by atoms with Crippen molar-refractivity contribution in [1.29, 1.82) is 0 Å². The number of nitrogens with zero attached hydrogens (tertiary/aromatic N) is 2. The molecule has 0 unspecified atom stereocenters. The molecule has 2 aromatic carbocycles. The molecule has 0 radical (unpaired) electrons. The number of methoxy groups -OCH3 is 1. The molecule has 0 bridgehead atoms. The molecule has 0 aliphatic rings. The van der Waals surface area contributed by atoms with Gasteiger partial charge in [-0.05, 0) is 5.56 Å². The summed E-state index contributed by atoms with van der Waals surface area (Å²) in [6.45, 7) is 0.921. The predicted octanol–water partition coefficient (Wildman–Crippen LogP) is 4.44. The monoisotopic (exact) mass is 362 g/mol. The molecule has 0 fully saturated rings. The summed E-state index contributed by atoms with van der Waals surface area (Å²) in [5.74, 6) is 0.682. The van der Waals surface area contributed by atoms with Crippen molar-refractivity contribution < 1.29 is 4.74 Å². The smallest absolute Gasteiger partial charge is 0.263 e. The van der Waals surface area contributed by atoms with Crippen molar-refractivity contribution in [2.45, 2.75) is 6.54 Å². The Morgan fingerprint density at radius 3 is 2.31 bits per heavy atom. The minimum absolute atomic E-state index is 0.0222. The lowest BCUT2D eigenvalue weighted by atomic mass is 10.1. The third kappa shape index (κ3) is 2.96. The zero-order chi connectivity index (χ0) is 17.9. The number of hydrogen-bond donors (Lipinski definition) is 0. The van der Waals surface area contributed by atoms with Gasteiger partial charge in [-0.3, -0.25) is 9.36 Å². The highest BCUT2D eigenvalue weighted by Gasteiger charge is 2.17. The Balaban J connectivity index is 1.98. The van der Waals surface area contributed by atoms with E-state index in [-0.39, 0.29) is 5.56 Å². The third-order valence-corrected chi connectivity index (χ3v) is 5.20. The lowest BCUT2D eigenvalue weighted by Crippen LogP contribution is -2.25. The van der Waals surface area contributed by atoms with Crippen LogP contribution in [0.1, 0.15) is 0 Å². The molecule has 4 aromatic rings. The number of rotatable bonds is 5. The van der Waals surface area contributed by atoms with E-state index in [0.29, 0.717) is 24.4 Å². The van der Waals surface area contributed by atoms with Gasteiger partial charge in [0.15, 0.2) is 0 Å². The molecular formula is C21H18N2O2S. The lowest BCUT2D eigenvalue weighted by Gasteiger charge is -2.12. The Morgan fingerprint density at radius 1 is 1.00 bits per heavy atom. The van der Waals surface area contributed by atoms with Gasteiger partial charge in [-0.1, -0.05) is 60.7 Å². The summed E-state index contributed by atoms with van der Waals surface area (Å²) >= 11 is 1.51. The average molecular weight is 362 g/mol. The first-order chi connectivity index (χ1) is 12.8. The summed E-state index contributed by atoms with van der Waals surface area (Å²) in [5.41, 5.74) is 2.88.